The quantitative estimate of drug-likeness (QED) is 0.778. The van der Waals surface area contributed by atoms with Crippen LogP contribution in [0.4, 0.5) is 0 Å². The Morgan fingerprint density at radius 3 is 2.68 bits per heavy atom. The van der Waals surface area contributed by atoms with Crippen LogP contribution in [-0.4, -0.2) is 36.7 Å². The molecule has 1 aromatic rings. The lowest BCUT2D eigenvalue weighted by Gasteiger charge is -2.19. The highest BCUT2D eigenvalue weighted by molar-refractivity contribution is 5.71. The first kappa shape index (κ1) is 14.3. The third-order valence-electron chi connectivity index (χ3n) is 4.78. The number of carbonyl (C=O) groups excluding carboxylic acids is 1. The van der Waals surface area contributed by atoms with Crippen molar-refractivity contribution in [2.75, 3.05) is 6.61 Å². The molecule has 0 amide bonds. The van der Waals surface area contributed by atoms with Crippen molar-refractivity contribution in [3.05, 3.63) is 35.9 Å². The lowest BCUT2D eigenvalue weighted by Crippen LogP contribution is -2.29. The van der Waals surface area contributed by atoms with E-state index in [9.17, 15) is 4.79 Å². The fourth-order valence-electron chi connectivity index (χ4n) is 3.73. The smallest absolute Gasteiger partial charge is 0.188 e. The summed E-state index contributed by atoms with van der Waals surface area (Å²) < 4.78 is 23.2. The van der Waals surface area contributed by atoms with E-state index in [0.29, 0.717) is 13.2 Å². The first-order chi connectivity index (χ1) is 10.6. The van der Waals surface area contributed by atoms with Crippen LogP contribution in [0.15, 0.2) is 30.3 Å². The van der Waals surface area contributed by atoms with Crippen LogP contribution in [0.2, 0.25) is 0 Å². The monoisotopic (exact) mass is 304 g/mol. The zero-order valence-electron chi connectivity index (χ0n) is 12.7. The van der Waals surface area contributed by atoms with Crippen molar-refractivity contribution in [3.63, 3.8) is 0 Å². The largest absolute Gasteiger partial charge is 0.376 e. The van der Waals surface area contributed by atoms with Crippen LogP contribution in [0.1, 0.15) is 19.4 Å². The molecule has 0 radical (unpaired) electrons. The van der Waals surface area contributed by atoms with Crippen molar-refractivity contribution in [3.8, 4) is 0 Å². The third-order valence-corrected chi connectivity index (χ3v) is 4.78. The Bertz CT molecular complexity index is 572. The minimum Gasteiger partial charge on any atom is -0.376 e. The molecule has 0 spiro atoms. The first-order valence-corrected chi connectivity index (χ1v) is 7.67. The fourth-order valence-corrected chi connectivity index (χ4v) is 3.73. The number of ether oxygens (including phenoxy) is 4. The van der Waals surface area contributed by atoms with Gasteiger partial charge in [-0.25, -0.2) is 0 Å². The van der Waals surface area contributed by atoms with Crippen LogP contribution in [0.25, 0.3) is 0 Å². The molecule has 3 aliphatic rings. The van der Waals surface area contributed by atoms with E-state index in [4.69, 9.17) is 18.9 Å². The highest BCUT2D eigenvalue weighted by atomic mass is 16.8. The van der Waals surface area contributed by atoms with Gasteiger partial charge in [0.2, 0.25) is 0 Å². The summed E-state index contributed by atoms with van der Waals surface area (Å²) in [6.07, 6.45) is 0.285. The molecule has 3 fully saturated rings. The molecule has 1 aromatic carbocycles. The van der Waals surface area contributed by atoms with Gasteiger partial charge in [0.05, 0.1) is 13.2 Å². The van der Waals surface area contributed by atoms with Crippen LogP contribution >= 0.6 is 0 Å². The van der Waals surface area contributed by atoms with E-state index in [1.54, 1.807) is 0 Å². The molecule has 1 aliphatic carbocycles. The Kier molecular flexibility index (Phi) is 3.17. The predicted molar refractivity (Wildman–Crippen MR) is 76.8 cm³/mol. The summed E-state index contributed by atoms with van der Waals surface area (Å²) >= 11 is 0. The van der Waals surface area contributed by atoms with Gasteiger partial charge in [0.15, 0.2) is 18.4 Å². The van der Waals surface area contributed by atoms with Crippen LogP contribution in [0, 0.1) is 11.8 Å². The summed E-state index contributed by atoms with van der Waals surface area (Å²) in [5, 5.41) is 0. The zero-order chi connectivity index (χ0) is 15.4. The van der Waals surface area contributed by atoms with Gasteiger partial charge < -0.3 is 23.7 Å². The molecule has 0 bridgehead atoms. The maximum Gasteiger partial charge on any atom is 0.188 e. The maximum atomic E-state index is 11.5. The van der Waals surface area contributed by atoms with Crippen LogP contribution in [0.5, 0.6) is 0 Å². The van der Waals surface area contributed by atoms with Gasteiger partial charge in [0, 0.05) is 11.8 Å². The lowest BCUT2D eigenvalue weighted by molar-refractivity contribution is -0.209. The van der Waals surface area contributed by atoms with Gasteiger partial charge in [-0.05, 0) is 19.4 Å². The molecule has 5 heteroatoms. The standard InChI is InChI=1S/C17H20O5/c1-16(2)20-14-13-12(17(13,10-18)22-15(14)21-16)9-19-8-11-6-4-3-5-7-11/h3-7,10,12-15H,8-9H2,1-2H3. The number of rotatable bonds is 5. The Labute approximate surface area is 129 Å². The van der Waals surface area contributed by atoms with Gasteiger partial charge in [-0.15, -0.1) is 0 Å². The van der Waals surface area contributed by atoms with Crippen molar-refractivity contribution >= 4 is 6.29 Å². The molecule has 118 valence electrons. The molecule has 5 unspecified atom stereocenters. The molecule has 2 heterocycles. The van der Waals surface area contributed by atoms with Crippen molar-refractivity contribution in [1.29, 1.82) is 0 Å². The van der Waals surface area contributed by atoms with Gasteiger partial charge in [-0.3, -0.25) is 0 Å². The molecule has 22 heavy (non-hydrogen) atoms. The van der Waals surface area contributed by atoms with Crippen molar-refractivity contribution in [2.45, 2.75) is 44.2 Å². The highest BCUT2D eigenvalue weighted by Crippen LogP contribution is 2.63. The molecule has 2 saturated heterocycles. The summed E-state index contributed by atoms with van der Waals surface area (Å²) in [5.74, 6) is -0.567. The number of aldehydes is 1. The zero-order valence-corrected chi connectivity index (χ0v) is 12.7. The SMILES string of the molecule is CC1(C)OC2OC3(C=O)C(COCc4ccccc4)C3C2O1. The molecule has 2 aliphatic heterocycles. The van der Waals surface area contributed by atoms with E-state index < -0.39 is 17.7 Å². The average Bonchev–Trinajstić information content (AvgIpc) is 2.83. The second kappa shape index (κ2) is 4.86. The van der Waals surface area contributed by atoms with Crippen molar-refractivity contribution < 1.29 is 23.7 Å². The van der Waals surface area contributed by atoms with Gasteiger partial charge in [0.1, 0.15) is 11.7 Å². The molecular weight excluding hydrogens is 284 g/mol. The van der Waals surface area contributed by atoms with Gasteiger partial charge in [-0.1, -0.05) is 30.3 Å². The number of fused-ring (bicyclic) bond motifs is 3. The molecular formula is C17H20O5. The molecule has 5 nitrogen and oxygen atoms in total. The second-order valence-corrected chi connectivity index (χ2v) is 6.69. The summed E-state index contributed by atoms with van der Waals surface area (Å²) in [7, 11) is 0. The minimum atomic E-state index is -0.775. The lowest BCUT2D eigenvalue weighted by atomic mass is 10.2. The summed E-state index contributed by atoms with van der Waals surface area (Å²) in [6.45, 7) is 4.75. The summed E-state index contributed by atoms with van der Waals surface area (Å²) in [4.78, 5) is 11.5. The average molecular weight is 304 g/mol. The molecule has 4 rings (SSSR count). The second-order valence-electron chi connectivity index (χ2n) is 6.69. The van der Waals surface area contributed by atoms with Crippen LogP contribution in [-0.2, 0) is 30.3 Å². The molecule has 5 atom stereocenters. The molecule has 0 aromatic heterocycles. The van der Waals surface area contributed by atoms with Crippen LogP contribution in [0.3, 0.4) is 0 Å². The normalized spacial score (nSPS) is 41.0. The van der Waals surface area contributed by atoms with E-state index in [-0.39, 0.29) is 17.9 Å². The van der Waals surface area contributed by atoms with E-state index in [0.717, 1.165) is 11.8 Å². The molecule has 1 saturated carbocycles. The third kappa shape index (κ3) is 2.12. The first-order valence-electron chi connectivity index (χ1n) is 7.67. The Morgan fingerprint density at radius 1 is 1.18 bits per heavy atom. The minimum absolute atomic E-state index is 0.0348. The van der Waals surface area contributed by atoms with E-state index in [2.05, 4.69) is 0 Å². The van der Waals surface area contributed by atoms with E-state index in [1.807, 2.05) is 44.2 Å². The van der Waals surface area contributed by atoms with E-state index >= 15 is 0 Å². The highest BCUT2D eigenvalue weighted by Gasteiger charge is 2.78. The number of carbonyl (C=O) groups is 1. The van der Waals surface area contributed by atoms with Gasteiger partial charge in [-0.2, -0.15) is 0 Å². The summed E-state index contributed by atoms with van der Waals surface area (Å²) in [5.41, 5.74) is 0.344. The topological polar surface area (TPSA) is 54.0 Å². The maximum absolute atomic E-state index is 11.5. The van der Waals surface area contributed by atoms with Gasteiger partial charge in [0.25, 0.3) is 0 Å². The Hall–Kier alpha value is -1.27. The fraction of sp³-hybridized carbons (Fsp3) is 0.588. The Balaban J connectivity index is 1.37. The summed E-state index contributed by atoms with van der Waals surface area (Å²) in [6, 6.07) is 9.98. The Morgan fingerprint density at radius 2 is 1.95 bits per heavy atom. The molecule has 0 N–H and O–H groups in total. The van der Waals surface area contributed by atoms with Crippen molar-refractivity contribution in [2.24, 2.45) is 11.8 Å². The number of benzene rings is 1. The van der Waals surface area contributed by atoms with Crippen LogP contribution < -0.4 is 0 Å². The van der Waals surface area contributed by atoms with E-state index in [1.165, 1.54) is 0 Å². The number of hydrogen-bond donors (Lipinski definition) is 0. The predicted octanol–water partition coefficient (Wildman–Crippen LogP) is 1.89. The van der Waals surface area contributed by atoms with Crippen molar-refractivity contribution in [1.82, 2.24) is 0 Å². The number of hydrogen-bond acceptors (Lipinski definition) is 5. The van der Waals surface area contributed by atoms with Gasteiger partial charge >= 0.3 is 0 Å².